The molecular weight excluding hydrogens is 228 g/mol. The van der Waals surface area contributed by atoms with Crippen molar-refractivity contribution in [2.45, 2.75) is 26.8 Å². The highest BCUT2D eigenvalue weighted by molar-refractivity contribution is 5.95. The summed E-state index contributed by atoms with van der Waals surface area (Å²) < 4.78 is 5.34. The van der Waals surface area contributed by atoms with E-state index in [1.807, 2.05) is 18.2 Å². The van der Waals surface area contributed by atoms with E-state index in [2.05, 4.69) is 31.4 Å². The fourth-order valence-electron chi connectivity index (χ4n) is 1.90. The van der Waals surface area contributed by atoms with Gasteiger partial charge in [0.05, 0.1) is 5.69 Å². The van der Waals surface area contributed by atoms with Crippen molar-refractivity contribution < 1.29 is 9.53 Å². The Morgan fingerprint density at radius 2 is 2.17 bits per heavy atom. The van der Waals surface area contributed by atoms with Crippen LogP contribution in [0.3, 0.4) is 0 Å². The summed E-state index contributed by atoms with van der Waals surface area (Å²) in [4.78, 5) is 11.3. The molecule has 0 radical (unpaired) electrons. The summed E-state index contributed by atoms with van der Waals surface area (Å²) in [5.74, 6) is 1.27. The average molecular weight is 248 g/mol. The molecule has 0 saturated heterocycles. The highest BCUT2D eigenvalue weighted by Gasteiger charge is 2.17. The van der Waals surface area contributed by atoms with Crippen LogP contribution in [-0.4, -0.2) is 19.1 Å². The Bertz CT molecular complexity index is 443. The van der Waals surface area contributed by atoms with Gasteiger partial charge < -0.3 is 15.4 Å². The van der Waals surface area contributed by atoms with Crippen LogP contribution in [0.4, 0.5) is 5.69 Å². The first-order valence-corrected chi connectivity index (χ1v) is 6.36. The van der Waals surface area contributed by atoms with Crippen LogP contribution < -0.4 is 15.4 Å². The minimum Gasteiger partial charge on any atom is -0.482 e. The Labute approximate surface area is 108 Å². The van der Waals surface area contributed by atoms with Crippen LogP contribution in [0.5, 0.6) is 5.75 Å². The van der Waals surface area contributed by atoms with Gasteiger partial charge in [0.25, 0.3) is 5.91 Å². The first-order chi connectivity index (χ1) is 8.56. The number of anilines is 1. The molecule has 2 N–H and O–H groups in total. The maximum Gasteiger partial charge on any atom is 0.262 e. The molecule has 0 spiro atoms. The summed E-state index contributed by atoms with van der Waals surface area (Å²) >= 11 is 0. The molecule has 0 aromatic heterocycles. The molecule has 0 aliphatic carbocycles. The third kappa shape index (κ3) is 3.01. The molecule has 1 aromatic carbocycles. The van der Waals surface area contributed by atoms with Crippen LogP contribution in [0.25, 0.3) is 0 Å². The third-order valence-electron chi connectivity index (χ3n) is 2.97. The molecule has 18 heavy (non-hydrogen) atoms. The maximum atomic E-state index is 11.3. The van der Waals surface area contributed by atoms with Gasteiger partial charge in [-0.25, -0.2) is 0 Å². The zero-order chi connectivity index (χ0) is 13.1. The van der Waals surface area contributed by atoms with Gasteiger partial charge in [0, 0.05) is 6.04 Å². The molecule has 1 aliphatic rings. The number of rotatable bonds is 4. The lowest BCUT2D eigenvalue weighted by Crippen LogP contribution is -2.26. The molecule has 0 saturated carbocycles. The van der Waals surface area contributed by atoms with E-state index in [0.717, 1.165) is 23.5 Å². The number of amides is 1. The Morgan fingerprint density at radius 1 is 1.39 bits per heavy atom. The summed E-state index contributed by atoms with van der Waals surface area (Å²) in [7, 11) is 0. The van der Waals surface area contributed by atoms with E-state index in [1.165, 1.54) is 0 Å². The number of benzene rings is 1. The van der Waals surface area contributed by atoms with Gasteiger partial charge in [-0.15, -0.1) is 0 Å². The number of nitrogens with one attached hydrogen (secondary N) is 2. The second kappa shape index (κ2) is 5.40. The normalized spacial score (nSPS) is 15.9. The van der Waals surface area contributed by atoms with E-state index in [1.54, 1.807) is 0 Å². The summed E-state index contributed by atoms with van der Waals surface area (Å²) in [5.41, 5.74) is 1.92. The number of carbonyl (C=O) groups is 1. The van der Waals surface area contributed by atoms with Crippen molar-refractivity contribution in [3.8, 4) is 5.75 Å². The predicted octanol–water partition coefficient (Wildman–Crippen LogP) is 2.32. The molecule has 0 bridgehead atoms. The van der Waals surface area contributed by atoms with Crippen molar-refractivity contribution in [3.05, 3.63) is 23.8 Å². The molecule has 4 nitrogen and oxygen atoms in total. The zero-order valence-corrected chi connectivity index (χ0v) is 11.1. The molecule has 98 valence electrons. The maximum absolute atomic E-state index is 11.3. The summed E-state index contributed by atoms with van der Waals surface area (Å²) in [6, 6.07) is 6.19. The van der Waals surface area contributed by atoms with Gasteiger partial charge in [0.15, 0.2) is 6.61 Å². The molecule has 1 heterocycles. The standard InChI is InChI=1S/C14H20N2O2/c1-9(2)7-15-10(3)11-4-5-13-12(6-11)16-14(17)8-18-13/h4-6,9-10,15H,7-8H2,1-3H3,(H,16,17). The Morgan fingerprint density at radius 3 is 2.89 bits per heavy atom. The van der Waals surface area contributed by atoms with E-state index in [-0.39, 0.29) is 18.6 Å². The fraction of sp³-hybridized carbons (Fsp3) is 0.500. The van der Waals surface area contributed by atoms with Crippen molar-refractivity contribution >= 4 is 11.6 Å². The van der Waals surface area contributed by atoms with Crippen LogP contribution in [0, 0.1) is 5.92 Å². The van der Waals surface area contributed by atoms with Gasteiger partial charge in [-0.05, 0) is 37.1 Å². The van der Waals surface area contributed by atoms with Crippen LogP contribution in [0.1, 0.15) is 32.4 Å². The van der Waals surface area contributed by atoms with Crippen molar-refractivity contribution in [3.63, 3.8) is 0 Å². The number of hydrogen-bond acceptors (Lipinski definition) is 3. The fourth-order valence-corrected chi connectivity index (χ4v) is 1.90. The molecule has 1 aliphatic heterocycles. The number of carbonyl (C=O) groups excluding carboxylic acids is 1. The molecule has 1 aromatic rings. The van der Waals surface area contributed by atoms with Gasteiger partial charge in [-0.1, -0.05) is 19.9 Å². The summed E-state index contributed by atoms with van der Waals surface area (Å²) in [5, 5.41) is 6.29. The molecule has 1 atom stereocenters. The molecule has 4 heteroatoms. The zero-order valence-electron chi connectivity index (χ0n) is 11.1. The number of hydrogen-bond donors (Lipinski definition) is 2. The van der Waals surface area contributed by atoms with Gasteiger partial charge in [-0.3, -0.25) is 4.79 Å². The van der Waals surface area contributed by atoms with Gasteiger partial charge in [0.2, 0.25) is 0 Å². The smallest absolute Gasteiger partial charge is 0.262 e. The average Bonchev–Trinajstić information content (AvgIpc) is 2.34. The molecule has 1 unspecified atom stereocenters. The minimum absolute atomic E-state index is 0.0950. The lowest BCUT2D eigenvalue weighted by Gasteiger charge is -2.21. The molecular formula is C14H20N2O2. The van der Waals surface area contributed by atoms with Gasteiger partial charge >= 0.3 is 0 Å². The van der Waals surface area contributed by atoms with Crippen LogP contribution in [0.2, 0.25) is 0 Å². The van der Waals surface area contributed by atoms with Crippen molar-refractivity contribution in [1.82, 2.24) is 5.32 Å². The highest BCUT2D eigenvalue weighted by Crippen LogP contribution is 2.30. The van der Waals surface area contributed by atoms with E-state index >= 15 is 0 Å². The highest BCUT2D eigenvalue weighted by atomic mass is 16.5. The van der Waals surface area contributed by atoms with Gasteiger partial charge in [0.1, 0.15) is 5.75 Å². The molecule has 1 amide bonds. The van der Waals surface area contributed by atoms with Gasteiger partial charge in [-0.2, -0.15) is 0 Å². The topological polar surface area (TPSA) is 50.4 Å². The first-order valence-electron chi connectivity index (χ1n) is 6.36. The second-order valence-corrected chi connectivity index (χ2v) is 5.12. The van der Waals surface area contributed by atoms with Crippen LogP contribution in [0.15, 0.2) is 18.2 Å². The Kier molecular flexibility index (Phi) is 3.87. The Balaban J connectivity index is 2.10. The van der Waals surface area contributed by atoms with E-state index in [0.29, 0.717) is 5.92 Å². The number of ether oxygens (including phenoxy) is 1. The minimum atomic E-state index is -0.0950. The lowest BCUT2D eigenvalue weighted by atomic mass is 10.1. The van der Waals surface area contributed by atoms with Crippen molar-refractivity contribution in [2.24, 2.45) is 5.92 Å². The number of fused-ring (bicyclic) bond motifs is 1. The van der Waals surface area contributed by atoms with Crippen LogP contribution >= 0.6 is 0 Å². The SMILES string of the molecule is CC(C)CNC(C)c1ccc2c(c1)NC(=O)CO2. The predicted molar refractivity (Wildman–Crippen MR) is 71.8 cm³/mol. The largest absolute Gasteiger partial charge is 0.482 e. The van der Waals surface area contributed by atoms with E-state index in [9.17, 15) is 4.79 Å². The van der Waals surface area contributed by atoms with E-state index in [4.69, 9.17) is 4.74 Å². The molecule has 2 rings (SSSR count). The third-order valence-corrected chi connectivity index (χ3v) is 2.97. The van der Waals surface area contributed by atoms with Crippen molar-refractivity contribution in [1.29, 1.82) is 0 Å². The van der Waals surface area contributed by atoms with Crippen LogP contribution in [-0.2, 0) is 4.79 Å². The van der Waals surface area contributed by atoms with E-state index < -0.39 is 0 Å². The second-order valence-electron chi connectivity index (χ2n) is 5.12. The van der Waals surface area contributed by atoms with Crippen molar-refractivity contribution in [2.75, 3.05) is 18.5 Å². The summed E-state index contributed by atoms with van der Waals surface area (Å²) in [6.07, 6.45) is 0. The summed E-state index contributed by atoms with van der Waals surface area (Å²) in [6.45, 7) is 7.56. The first kappa shape index (κ1) is 12.9. The monoisotopic (exact) mass is 248 g/mol. The lowest BCUT2D eigenvalue weighted by molar-refractivity contribution is -0.118. The molecule has 0 fully saturated rings. The quantitative estimate of drug-likeness (QED) is 0.859. The Hall–Kier alpha value is -1.55.